The van der Waals surface area contributed by atoms with Gasteiger partial charge in [-0.1, -0.05) is 19.1 Å². The monoisotopic (exact) mass is 263 g/mol. The van der Waals surface area contributed by atoms with Gasteiger partial charge in [-0.3, -0.25) is 4.79 Å². The third-order valence-electron chi connectivity index (χ3n) is 3.26. The van der Waals surface area contributed by atoms with Crippen molar-refractivity contribution in [2.75, 3.05) is 26.0 Å². The molecule has 1 aromatic carbocycles. The summed E-state index contributed by atoms with van der Waals surface area (Å²) in [6, 6.07) is 8.19. The third kappa shape index (κ3) is 4.91. The number of carbonyl (C=O) groups excluding carboxylic acids is 1. The predicted octanol–water partition coefficient (Wildman–Crippen LogP) is 1.84. The molecule has 0 heterocycles. The van der Waals surface area contributed by atoms with E-state index in [4.69, 9.17) is 5.73 Å². The van der Waals surface area contributed by atoms with Crippen LogP contribution in [0.2, 0.25) is 0 Å². The number of anilines is 1. The number of nitrogens with zero attached hydrogens (tertiary/aromatic N) is 2. The van der Waals surface area contributed by atoms with Crippen LogP contribution in [-0.4, -0.2) is 38.0 Å². The van der Waals surface area contributed by atoms with Crippen molar-refractivity contribution in [3.05, 3.63) is 29.8 Å². The first-order valence-electron chi connectivity index (χ1n) is 6.69. The summed E-state index contributed by atoms with van der Waals surface area (Å²) in [5.41, 5.74) is 8.09. The van der Waals surface area contributed by atoms with Crippen LogP contribution in [0, 0.1) is 0 Å². The van der Waals surface area contributed by atoms with Gasteiger partial charge in [0, 0.05) is 45.8 Å². The van der Waals surface area contributed by atoms with Crippen LogP contribution in [0.15, 0.2) is 24.3 Å². The summed E-state index contributed by atoms with van der Waals surface area (Å²) in [6.45, 7) is 2.63. The highest BCUT2D eigenvalue weighted by Gasteiger charge is 2.12. The molecule has 1 unspecified atom stereocenters. The number of nitrogens with two attached hydrogens (primary N) is 1. The maximum atomic E-state index is 11.9. The minimum atomic E-state index is -0.0360. The Balaban J connectivity index is 2.56. The topological polar surface area (TPSA) is 49.6 Å². The molecule has 4 heteroatoms. The molecule has 19 heavy (non-hydrogen) atoms. The molecule has 0 aliphatic rings. The molecule has 0 aliphatic carbocycles. The maximum absolute atomic E-state index is 11.9. The van der Waals surface area contributed by atoms with Crippen molar-refractivity contribution < 1.29 is 4.79 Å². The Bertz CT molecular complexity index is 400. The zero-order chi connectivity index (χ0) is 14.4. The van der Waals surface area contributed by atoms with Crippen LogP contribution >= 0.6 is 0 Å². The average Bonchev–Trinajstić information content (AvgIpc) is 2.38. The number of hydrogen-bond acceptors (Lipinski definition) is 3. The van der Waals surface area contributed by atoms with Crippen molar-refractivity contribution >= 4 is 11.6 Å². The summed E-state index contributed by atoms with van der Waals surface area (Å²) in [7, 11) is 5.85. The fourth-order valence-corrected chi connectivity index (χ4v) is 1.79. The number of carbonyl (C=O) groups is 1. The third-order valence-corrected chi connectivity index (χ3v) is 3.26. The first-order chi connectivity index (χ1) is 8.93. The van der Waals surface area contributed by atoms with Crippen molar-refractivity contribution in [3.8, 4) is 0 Å². The van der Waals surface area contributed by atoms with Crippen LogP contribution in [0.3, 0.4) is 0 Å². The SMILES string of the molecule is CCC(N)CC(=O)N(C)Cc1ccc(N(C)C)cc1. The van der Waals surface area contributed by atoms with Gasteiger partial charge in [0.15, 0.2) is 0 Å². The van der Waals surface area contributed by atoms with Crippen LogP contribution < -0.4 is 10.6 Å². The standard InChI is InChI=1S/C15H25N3O/c1-5-13(16)10-15(19)18(4)11-12-6-8-14(9-7-12)17(2)3/h6-9,13H,5,10-11,16H2,1-4H3. The Morgan fingerprint density at radius 2 is 1.79 bits per heavy atom. The van der Waals surface area contributed by atoms with Gasteiger partial charge in [-0.25, -0.2) is 0 Å². The van der Waals surface area contributed by atoms with Crippen LogP contribution in [0.25, 0.3) is 0 Å². The second-order valence-corrected chi connectivity index (χ2v) is 5.18. The van der Waals surface area contributed by atoms with E-state index in [2.05, 4.69) is 29.2 Å². The van der Waals surface area contributed by atoms with Crippen LogP contribution in [0.1, 0.15) is 25.3 Å². The molecule has 0 spiro atoms. The van der Waals surface area contributed by atoms with Gasteiger partial charge in [-0.05, 0) is 24.1 Å². The lowest BCUT2D eigenvalue weighted by molar-refractivity contribution is -0.130. The quantitative estimate of drug-likeness (QED) is 0.852. The van der Waals surface area contributed by atoms with Crippen molar-refractivity contribution in [1.82, 2.24) is 4.90 Å². The molecule has 1 rings (SSSR count). The lowest BCUT2D eigenvalue weighted by Crippen LogP contribution is -2.32. The summed E-state index contributed by atoms with van der Waals surface area (Å²) in [5.74, 6) is 0.103. The van der Waals surface area contributed by atoms with E-state index in [0.717, 1.165) is 17.7 Å². The van der Waals surface area contributed by atoms with Gasteiger partial charge in [-0.15, -0.1) is 0 Å². The second-order valence-electron chi connectivity index (χ2n) is 5.18. The molecular weight excluding hydrogens is 238 g/mol. The van der Waals surface area contributed by atoms with Crippen LogP contribution in [-0.2, 0) is 11.3 Å². The van der Waals surface area contributed by atoms with E-state index in [0.29, 0.717) is 13.0 Å². The lowest BCUT2D eigenvalue weighted by Gasteiger charge is -2.20. The van der Waals surface area contributed by atoms with Gasteiger partial charge in [-0.2, -0.15) is 0 Å². The van der Waals surface area contributed by atoms with Gasteiger partial charge < -0.3 is 15.5 Å². The Kier molecular flexibility index (Phi) is 5.83. The van der Waals surface area contributed by atoms with Crippen LogP contribution in [0.4, 0.5) is 5.69 Å². The van der Waals surface area contributed by atoms with Gasteiger partial charge in [0.1, 0.15) is 0 Å². The van der Waals surface area contributed by atoms with Gasteiger partial charge in [0.2, 0.25) is 5.91 Å². The Hall–Kier alpha value is -1.55. The fourth-order valence-electron chi connectivity index (χ4n) is 1.79. The van der Waals surface area contributed by atoms with Crippen LogP contribution in [0.5, 0.6) is 0 Å². The molecule has 0 bridgehead atoms. The summed E-state index contributed by atoms with van der Waals surface area (Å²) in [4.78, 5) is 15.7. The Labute approximate surface area is 116 Å². The van der Waals surface area contributed by atoms with Crippen molar-refractivity contribution in [2.45, 2.75) is 32.4 Å². The largest absolute Gasteiger partial charge is 0.378 e. The zero-order valence-electron chi connectivity index (χ0n) is 12.4. The first kappa shape index (κ1) is 15.5. The number of amides is 1. The molecule has 1 atom stereocenters. The molecule has 1 aromatic rings. The average molecular weight is 263 g/mol. The molecule has 4 nitrogen and oxygen atoms in total. The minimum Gasteiger partial charge on any atom is -0.378 e. The van der Waals surface area contributed by atoms with E-state index < -0.39 is 0 Å². The highest BCUT2D eigenvalue weighted by molar-refractivity contribution is 5.76. The van der Waals surface area contributed by atoms with Gasteiger partial charge >= 0.3 is 0 Å². The highest BCUT2D eigenvalue weighted by Crippen LogP contribution is 2.13. The number of benzene rings is 1. The molecular formula is C15H25N3O. The number of rotatable bonds is 6. The van der Waals surface area contributed by atoms with Gasteiger partial charge in [0.25, 0.3) is 0 Å². The molecule has 0 saturated heterocycles. The Morgan fingerprint density at radius 1 is 1.21 bits per heavy atom. The molecule has 0 aliphatic heterocycles. The molecule has 2 N–H and O–H groups in total. The Morgan fingerprint density at radius 3 is 2.26 bits per heavy atom. The summed E-state index contributed by atoms with van der Waals surface area (Å²) in [6.07, 6.45) is 1.25. The summed E-state index contributed by atoms with van der Waals surface area (Å²) >= 11 is 0. The molecule has 1 amide bonds. The molecule has 0 fully saturated rings. The minimum absolute atomic E-state index is 0.0360. The summed E-state index contributed by atoms with van der Waals surface area (Å²) < 4.78 is 0. The molecule has 0 aromatic heterocycles. The van der Waals surface area contributed by atoms with Crippen molar-refractivity contribution in [3.63, 3.8) is 0 Å². The predicted molar refractivity (Wildman–Crippen MR) is 80.1 cm³/mol. The first-order valence-corrected chi connectivity index (χ1v) is 6.69. The maximum Gasteiger partial charge on any atom is 0.224 e. The second kappa shape index (κ2) is 7.14. The zero-order valence-corrected chi connectivity index (χ0v) is 12.4. The lowest BCUT2D eigenvalue weighted by atomic mass is 10.1. The van der Waals surface area contributed by atoms with Crippen molar-refractivity contribution in [1.29, 1.82) is 0 Å². The highest BCUT2D eigenvalue weighted by atomic mass is 16.2. The smallest absolute Gasteiger partial charge is 0.224 e. The van der Waals surface area contributed by atoms with E-state index in [-0.39, 0.29) is 11.9 Å². The van der Waals surface area contributed by atoms with E-state index in [9.17, 15) is 4.79 Å². The molecule has 0 saturated carbocycles. The van der Waals surface area contributed by atoms with E-state index >= 15 is 0 Å². The molecule has 106 valence electrons. The number of hydrogen-bond donors (Lipinski definition) is 1. The van der Waals surface area contributed by atoms with E-state index in [1.807, 2.05) is 28.1 Å². The normalized spacial score (nSPS) is 12.1. The van der Waals surface area contributed by atoms with Crippen molar-refractivity contribution in [2.24, 2.45) is 5.73 Å². The van der Waals surface area contributed by atoms with E-state index in [1.54, 1.807) is 4.90 Å². The fraction of sp³-hybridized carbons (Fsp3) is 0.533. The van der Waals surface area contributed by atoms with E-state index in [1.165, 1.54) is 0 Å². The summed E-state index contributed by atoms with van der Waals surface area (Å²) in [5, 5.41) is 0. The van der Waals surface area contributed by atoms with Gasteiger partial charge in [0.05, 0.1) is 0 Å². The molecule has 0 radical (unpaired) electrons.